The van der Waals surface area contributed by atoms with Gasteiger partial charge in [0, 0.05) is 13.0 Å². The van der Waals surface area contributed by atoms with Crippen molar-refractivity contribution in [2.24, 2.45) is 0 Å². The van der Waals surface area contributed by atoms with Crippen molar-refractivity contribution in [1.29, 1.82) is 0 Å². The number of allylic oxidation sites excluding steroid dienone is 2. The highest BCUT2D eigenvalue weighted by atomic mass is 16.5. The number of aliphatic hydroxyl groups is 1. The average molecular weight is 238 g/mol. The molecule has 0 saturated heterocycles. The largest absolute Gasteiger partial charge is 0.488 e. The van der Waals surface area contributed by atoms with Crippen LogP contribution >= 0.6 is 0 Å². The van der Waals surface area contributed by atoms with Crippen LogP contribution in [0.2, 0.25) is 0 Å². The fourth-order valence-corrected chi connectivity index (χ4v) is 1.18. The number of rotatable bonds is 8. The first-order valence-electron chi connectivity index (χ1n) is 5.69. The van der Waals surface area contributed by atoms with Crippen LogP contribution in [-0.2, 0) is 9.47 Å². The van der Waals surface area contributed by atoms with Crippen molar-refractivity contribution in [2.75, 3.05) is 19.8 Å². The third kappa shape index (κ3) is 8.56. The van der Waals surface area contributed by atoms with Crippen molar-refractivity contribution in [2.45, 2.75) is 32.8 Å². The van der Waals surface area contributed by atoms with E-state index in [9.17, 15) is 0 Å². The first kappa shape index (κ1) is 15.8. The molecule has 0 spiro atoms. The summed E-state index contributed by atoms with van der Waals surface area (Å²) in [5.41, 5.74) is -0.374. The van der Waals surface area contributed by atoms with E-state index >= 15 is 0 Å². The SMILES string of the molecule is C#CCOC/C=C\C(=C/C)OC(C)(C)CCO. The van der Waals surface area contributed by atoms with E-state index in [1.165, 1.54) is 0 Å². The fourth-order valence-electron chi connectivity index (χ4n) is 1.18. The van der Waals surface area contributed by atoms with Gasteiger partial charge in [-0.1, -0.05) is 12.0 Å². The number of terminal acetylenes is 1. The summed E-state index contributed by atoms with van der Waals surface area (Å²) in [4.78, 5) is 0. The van der Waals surface area contributed by atoms with Crippen molar-refractivity contribution in [3.63, 3.8) is 0 Å². The van der Waals surface area contributed by atoms with Crippen LogP contribution in [0, 0.1) is 12.3 Å². The van der Waals surface area contributed by atoms with Gasteiger partial charge in [-0.05, 0) is 32.9 Å². The summed E-state index contributed by atoms with van der Waals surface area (Å²) in [7, 11) is 0. The minimum Gasteiger partial charge on any atom is -0.488 e. The van der Waals surface area contributed by atoms with E-state index < -0.39 is 0 Å². The Morgan fingerprint density at radius 1 is 1.47 bits per heavy atom. The van der Waals surface area contributed by atoms with Gasteiger partial charge in [0.05, 0.1) is 6.61 Å². The Morgan fingerprint density at radius 3 is 2.71 bits per heavy atom. The summed E-state index contributed by atoms with van der Waals surface area (Å²) in [6, 6.07) is 0. The zero-order valence-corrected chi connectivity index (χ0v) is 10.9. The normalized spacial score (nSPS) is 12.8. The highest BCUT2D eigenvalue weighted by Crippen LogP contribution is 2.19. The van der Waals surface area contributed by atoms with E-state index in [1.807, 2.05) is 39.0 Å². The minimum absolute atomic E-state index is 0.110. The molecule has 0 heterocycles. The van der Waals surface area contributed by atoms with Gasteiger partial charge in [0.1, 0.15) is 18.0 Å². The quantitative estimate of drug-likeness (QED) is 0.305. The molecule has 0 unspecified atom stereocenters. The first-order valence-corrected chi connectivity index (χ1v) is 5.69. The molecule has 0 radical (unpaired) electrons. The topological polar surface area (TPSA) is 38.7 Å². The van der Waals surface area contributed by atoms with Crippen LogP contribution in [0.25, 0.3) is 0 Å². The average Bonchev–Trinajstić information content (AvgIpc) is 2.27. The Balaban J connectivity index is 4.13. The van der Waals surface area contributed by atoms with Crippen molar-refractivity contribution in [1.82, 2.24) is 0 Å². The van der Waals surface area contributed by atoms with Gasteiger partial charge in [-0.2, -0.15) is 0 Å². The van der Waals surface area contributed by atoms with Gasteiger partial charge in [0.2, 0.25) is 0 Å². The van der Waals surface area contributed by atoms with Crippen molar-refractivity contribution in [3.8, 4) is 12.3 Å². The summed E-state index contributed by atoms with van der Waals surface area (Å²) in [5.74, 6) is 3.15. The second kappa shape index (κ2) is 8.86. The molecule has 96 valence electrons. The standard InChI is InChI=1S/C14H22O3/c1-5-11-16-12-7-8-13(6-2)17-14(3,4)9-10-15/h1,6-8,15H,9-12H2,2-4H3/b8-7-,13-6+. The molecule has 0 aliphatic carbocycles. The lowest BCUT2D eigenvalue weighted by Crippen LogP contribution is -2.25. The molecule has 0 rings (SSSR count). The summed E-state index contributed by atoms with van der Waals surface area (Å²) < 4.78 is 10.9. The molecule has 3 nitrogen and oxygen atoms in total. The molecule has 0 aromatic heterocycles. The fraction of sp³-hybridized carbons (Fsp3) is 0.571. The number of hydrogen-bond acceptors (Lipinski definition) is 3. The van der Waals surface area contributed by atoms with Gasteiger partial charge in [0.15, 0.2) is 0 Å². The van der Waals surface area contributed by atoms with E-state index in [2.05, 4.69) is 5.92 Å². The highest BCUT2D eigenvalue weighted by molar-refractivity contribution is 5.12. The Kier molecular flexibility index (Phi) is 8.21. The number of ether oxygens (including phenoxy) is 2. The Hall–Kier alpha value is -1.24. The molecule has 0 aromatic carbocycles. The summed E-state index contributed by atoms with van der Waals surface area (Å²) in [6.45, 7) is 6.67. The molecular weight excluding hydrogens is 216 g/mol. The lowest BCUT2D eigenvalue weighted by Gasteiger charge is -2.26. The molecule has 0 saturated carbocycles. The summed E-state index contributed by atoms with van der Waals surface area (Å²) >= 11 is 0. The predicted octanol–water partition coefficient (Wildman–Crippen LogP) is 2.27. The molecular formula is C14H22O3. The Labute approximate surface area is 104 Å². The van der Waals surface area contributed by atoms with Crippen molar-refractivity contribution < 1.29 is 14.6 Å². The second-order valence-electron chi connectivity index (χ2n) is 4.15. The van der Waals surface area contributed by atoms with Crippen LogP contribution < -0.4 is 0 Å². The second-order valence-corrected chi connectivity index (χ2v) is 4.15. The maximum absolute atomic E-state index is 8.90. The molecule has 17 heavy (non-hydrogen) atoms. The molecule has 1 N–H and O–H groups in total. The lowest BCUT2D eigenvalue weighted by molar-refractivity contribution is 0.0196. The van der Waals surface area contributed by atoms with Crippen LogP contribution in [0.3, 0.4) is 0 Å². The molecule has 0 aliphatic rings. The van der Waals surface area contributed by atoms with Crippen LogP contribution in [0.1, 0.15) is 27.2 Å². The van der Waals surface area contributed by atoms with Gasteiger partial charge in [-0.25, -0.2) is 0 Å². The molecule has 0 aliphatic heterocycles. The van der Waals surface area contributed by atoms with Crippen molar-refractivity contribution in [3.05, 3.63) is 24.0 Å². The molecule has 0 aromatic rings. The summed E-state index contributed by atoms with van der Waals surface area (Å²) in [6.07, 6.45) is 11.2. The number of aliphatic hydroxyl groups excluding tert-OH is 1. The maximum Gasteiger partial charge on any atom is 0.115 e. The Bertz CT molecular complexity index is 295. The van der Waals surface area contributed by atoms with Crippen LogP contribution in [0.5, 0.6) is 0 Å². The molecule has 0 fully saturated rings. The molecule has 0 atom stereocenters. The first-order chi connectivity index (χ1) is 8.05. The van der Waals surface area contributed by atoms with Gasteiger partial charge in [-0.15, -0.1) is 6.42 Å². The van der Waals surface area contributed by atoms with Crippen molar-refractivity contribution >= 4 is 0 Å². The van der Waals surface area contributed by atoms with E-state index in [0.29, 0.717) is 19.6 Å². The van der Waals surface area contributed by atoms with Gasteiger partial charge >= 0.3 is 0 Å². The van der Waals surface area contributed by atoms with E-state index in [1.54, 1.807) is 0 Å². The van der Waals surface area contributed by atoms with E-state index in [-0.39, 0.29) is 12.2 Å². The van der Waals surface area contributed by atoms with Gasteiger partial charge in [-0.3, -0.25) is 0 Å². The summed E-state index contributed by atoms with van der Waals surface area (Å²) in [5, 5.41) is 8.90. The highest BCUT2D eigenvalue weighted by Gasteiger charge is 2.18. The Morgan fingerprint density at radius 2 is 2.18 bits per heavy atom. The zero-order valence-electron chi connectivity index (χ0n) is 10.9. The molecule has 0 bridgehead atoms. The van der Waals surface area contributed by atoms with Crippen LogP contribution in [0.15, 0.2) is 24.0 Å². The maximum atomic E-state index is 8.90. The third-order valence-electron chi connectivity index (χ3n) is 2.07. The van der Waals surface area contributed by atoms with E-state index in [4.69, 9.17) is 21.0 Å². The monoisotopic (exact) mass is 238 g/mol. The van der Waals surface area contributed by atoms with Gasteiger partial charge in [0.25, 0.3) is 0 Å². The van der Waals surface area contributed by atoms with Gasteiger partial charge < -0.3 is 14.6 Å². The minimum atomic E-state index is -0.374. The number of hydrogen-bond donors (Lipinski definition) is 1. The smallest absolute Gasteiger partial charge is 0.115 e. The molecule has 0 amide bonds. The van der Waals surface area contributed by atoms with Crippen LogP contribution in [-0.4, -0.2) is 30.5 Å². The van der Waals surface area contributed by atoms with E-state index in [0.717, 1.165) is 5.76 Å². The zero-order chi connectivity index (χ0) is 13.1. The third-order valence-corrected chi connectivity index (χ3v) is 2.07. The van der Waals surface area contributed by atoms with Crippen LogP contribution in [0.4, 0.5) is 0 Å². The predicted molar refractivity (Wildman–Crippen MR) is 69.4 cm³/mol. The lowest BCUT2D eigenvalue weighted by atomic mass is 10.1. The molecule has 3 heteroatoms.